The van der Waals surface area contributed by atoms with Crippen LogP contribution in [-0.2, 0) is 0 Å². The molecule has 1 unspecified atom stereocenters. The molecule has 2 heteroatoms. The van der Waals surface area contributed by atoms with Crippen molar-refractivity contribution in [2.45, 2.75) is 78.1 Å². The minimum atomic E-state index is 0.650. The summed E-state index contributed by atoms with van der Waals surface area (Å²) in [6.07, 6.45) is 14.1. The Kier molecular flexibility index (Phi) is 8.97. The summed E-state index contributed by atoms with van der Waals surface area (Å²) in [5.74, 6) is 1.91. The fraction of sp³-hybridized carbons (Fsp3) is 0.938. The van der Waals surface area contributed by atoms with Gasteiger partial charge in [0.25, 0.3) is 0 Å². The van der Waals surface area contributed by atoms with Crippen LogP contribution in [0.25, 0.3) is 0 Å². The molecule has 0 saturated heterocycles. The first-order valence-corrected chi connectivity index (χ1v) is 8.12. The minimum Gasteiger partial charge on any atom is -0.372 e. The third-order valence-corrected chi connectivity index (χ3v) is 3.91. The maximum Gasteiger partial charge on any atom is 0.0993 e. The van der Waals surface area contributed by atoms with Crippen molar-refractivity contribution in [3.8, 4) is 0 Å². The summed E-state index contributed by atoms with van der Waals surface area (Å²) in [6, 6.07) is 0. The standard InChI is InChI=1S/C16H32N2/c1-3-4-5-6-7-8-9-10-11-12-15(2)16-17-13-14-18-16/h15H,3-14H2,1-2H3,(H,17,18). The molecule has 106 valence electrons. The van der Waals surface area contributed by atoms with Crippen LogP contribution in [0.2, 0.25) is 0 Å². The van der Waals surface area contributed by atoms with E-state index >= 15 is 0 Å². The quantitative estimate of drug-likeness (QED) is 0.536. The Bertz CT molecular complexity index is 223. The topological polar surface area (TPSA) is 24.4 Å². The van der Waals surface area contributed by atoms with Gasteiger partial charge < -0.3 is 5.32 Å². The summed E-state index contributed by atoms with van der Waals surface area (Å²) in [4.78, 5) is 4.50. The van der Waals surface area contributed by atoms with Crippen LogP contribution in [0, 0.1) is 5.92 Å². The van der Waals surface area contributed by atoms with Crippen molar-refractivity contribution in [2.24, 2.45) is 10.9 Å². The molecule has 0 radical (unpaired) electrons. The molecule has 0 aromatic heterocycles. The Morgan fingerprint density at radius 3 is 2.17 bits per heavy atom. The molecule has 0 aliphatic carbocycles. The first-order valence-electron chi connectivity index (χ1n) is 8.12. The predicted molar refractivity (Wildman–Crippen MR) is 81.3 cm³/mol. The molecule has 0 spiro atoms. The number of unbranched alkanes of at least 4 members (excludes halogenated alkanes) is 8. The molecule has 1 N–H and O–H groups in total. The number of amidine groups is 1. The lowest BCUT2D eigenvalue weighted by atomic mass is 10.0. The second kappa shape index (κ2) is 10.4. The van der Waals surface area contributed by atoms with E-state index < -0.39 is 0 Å². The summed E-state index contributed by atoms with van der Waals surface area (Å²) >= 11 is 0. The van der Waals surface area contributed by atoms with Gasteiger partial charge in [-0.25, -0.2) is 0 Å². The Labute approximate surface area is 114 Å². The van der Waals surface area contributed by atoms with E-state index in [1.807, 2.05) is 0 Å². The van der Waals surface area contributed by atoms with Gasteiger partial charge in [0.15, 0.2) is 0 Å². The van der Waals surface area contributed by atoms with Crippen LogP contribution in [0.1, 0.15) is 78.1 Å². The minimum absolute atomic E-state index is 0.650. The van der Waals surface area contributed by atoms with E-state index in [9.17, 15) is 0 Å². The molecule has 1 aliphatic rings. The molecular formula is C16H32N2. The van der Waals surface area contributed by atoms with Crippen LogP contribution >= 0.6 is 0 Å². The number of aliphatic imine (C=N–C) groups is 1. The predicted octanol–water partition coefficient (Wildman–Crippen LogP) is 4.55. The van der Waals surface area contributed by atoms with Gasteiger partial charge in [-0.3, -0.25) is 4.99 Å². The molecule has 18 heavy (non-hydrogen) atoms. The van der Waals surface area contributed by atoms with E-state index in [4.69, 9.17) is 0 Å². The number of nitrogens with one attached hydrogen (secondary N) is 1. The van der Waals surface area contributed by atoms with Crippen LogP contribution in [0.4, 0.5) is 0 Å². The van der Waals surface area contributed by atoms with Gasteiger partial charge >= 0.3 is 0 Å². The molecule has 2 nitrogen and oxygen atoms in total. The van der Waals surface area contributed by atoms with Gasteiger partial charge in [-0.15, -0.1) is 0 Å². The van der Waals surface area contributed by atoms with Crippen molar-refractivity contribution in [3.63, 3.8) is 0 Å². The highest BCUT2D eigenvalue weighted by Crippen LogP contribution is 2.14. The van der Waals surface area contributed by atoms with Gasteiger partial charge in [-0.05, 0) is 6.42 Å². The van der Waals surface area contributed by atoms with E-state index in [2.05, 4.69) is 24.2 Å². The Morgan fingerprint density at radius 2 is 1.61 bits per heavy atom. The highest BCUT2D eigenvalue weighted by Gasteiger charge is 2.12. The van der Waals surface area contributed by atoms with Gasteiger partial charge in [0.1, 0.15) is 0 Å². The van der Waals surface area contributed by atoms with Crippen molar-refractivity contribution < 1.29 is 0 Å². The summed E-state index contributed by atoms with van der Waals surface area (Å²) < 4.78 is 0. The molecule has 0 amide bonds. The molecular weight excluding hydrogens is 220 g/mol. The lowest BCUT2D eigenvalue weighted by molar-refractivity contribution is 0.535. The summed E-state index contributed by atoms with van der Waals surface area (Å²) in [5.41, 5.74) is 0. The van der Waals surface area contributed by atoms with Crippen molar-refractivity contribution in [2.75, 3.05) is 13.1 Å². The zero-order chi connectivity index (χ0) is 13.1. The lowest BCUT2D eigenvalue weighted by Crippen LogP contribution is -2.25. The average molecular weight is 252 g/mol. The number of nitrogens with zero attached hydrogens (tertiary/aromatic N) is 1. The van der Waals surface area contributed by atoms with Gasteiger partial charge in [-0.1, -0.05) is 71.6 Å². The zero-order valence-corrected chi connectivity index (χ0v) is 12.5. The molecule has 1 rings (SSSR count). The molecule has 0 saturated carbocycles. The van der Waals surface area contributed by atoms with Crippen LogP contribution in [0.15, 0.2) is 4.99 Å². The molecule has 1 aliphatic heterocycles. The monoisotopic (exact) mass is 252 g/mol. The van der Waals surface area contributed by atoms with E-state index in [0.717, 1.165) is 13.1 Å². The van der Waals surface area contributed by atoms with Crippen LogP contribution in [0.5, 0.6) is 0 Å². The van der Waals surface area contributed by atoms with Crippen LogP contribution < -0.4 is 5.32 Å². The van der Waals surface area contributed by atoms with Gasteiger partial charge in [0.2, 0.25) is 0 Å². The fourth-order valence-electron chi connectivity index (χ4n) is 2.64. The maximum atomic E-state index is 4.50. The van der Waals surface area contributed by atoms with E-state index in [1.54, 1.807) is 0 Å². The zero-order valence-electron chi connectivity index (χ0n) is 12.5. The highest BCUT2D eigenvalue weighted by atomic mass is 15.1. The number of rotatable bonds is 11. The molecule has 0 fully saturated rings. The Hall–Kier alpha value is -0.530. The summed E-state index contributed by atoms with van der Waals surface area (Å²) in [5, 5.41) is 3.39. The van der Waals surface area contributed by atoms with Crippen LogP contribution in [-0.4, -0.2) is 18.9 Å². The van der Waals surface area contributed by atoms with Crippen molar-refractivity contribution >= 4 is 5.84 Å². The first kappa shape index (κ1) is 15.5. The number of hydrogen-bond acceptors (Lipinski definition) is 2. The molecule has 1 heterocycles. The third kappa shape index (κ3) is 7.03. The summed E-state index contributed by atoms with van der Waals surface area (Å²) in [7, 11) is 0. The largest absolute Gasteiger partial charge is 0.372 e. The van der Waals surface area contributed by atoms with E-state index in [0.29, 0.717) is 5.92 Å². The molecule has 0 bridgehead atoms. The Balaban J connectivity index is 1.83. The first-order chi connectivity index (χ1) is 8.84. The van der Waals surface area contributed by atoms with Crippen molar-refractivity contribution in [1.82, 2.24) is 5.32 Å². The fourth-order valence-corrected chi connectivity index (χ4v) is 2.64. The number of hydrogen-bond donors (Lipinski definition) is 1. The van der Waals surface area contributed by atoms with Gasteiger partial charge in [0, 0.05) is 12.5 Å². The third-order valence-electron chi connectivity index (χ3n) is 3.91. The van der Waals surface area contributed by atoms with E-state index in [1.165, 1.54) is 70.0 Å². The molecule has 1 atom stereocenters. The Morgan fingerprint density at radius 1 is 1.00 bits per heavy atom. The van der Waals surface area contributed by atoms with Gasteiger partial charge in [-0.2, -0.15) is 0 Å². The van der Waals surface area contributed by atoms with Gasteiger partial charge in [0.05, 0.1) is 12.4 Å². The average Bonchev–Trinajstić information content (AvgIpc) is 2.90. The second-order valence-electron chi connectivity index (χ2n) is 5.71. The summed E-state index contributed by atoms with van der Waals surface area (Å²) in [6.45, 7) is 6.63. The molecule has 0 aromatic carbocycles. The highest BCUT2D eigenvalue weighted by molar-refractivity contribution is 5.85. The second-order valence-corrected chi connectivity index (χ2v) is 5.71. The molecule has 0 aromatic rings. The smallest absolute Gasteiger partial charge is 0.0993 e. The van der Waals surface area contributed by atoms with Crippen LogP contribution in [0.3, 0.4) is 0 Å². The SMILES string of the molecule is CCCCCCCCCCCC(C)C1=NCCN1. The van der Waals surface area contributed by atoms with Crippen molar-refractivity contribution in [1.29, 1.82) is 0 Å². The maximum absolute atomic E-state index is 4.50. The van der Waals surface area contributed by atoms with Crippen molar-refractivity contribution in [3.05, 3.63) is 0 Å². The lowest BCUT2D eigenvalue weighted by Gasteiger charge is -2.11. The normalized spacial score (nSPS) is 16.4. The van der Waals surface area contributed by atoms with E-state index in [-0.39, 0.29) is 0 Å².